The molecule has 0 aliphatic carbocycles. The zero-order valence-corrected chi connectivity index (χ0v) is 15.4. The van der Waals surface area contributed by atoms with Crippen molar-refractivity contribution in [1.82, 2.24) is 0 Å². The minimum absolute atomic E-state index is 0.214. The molecule has 120 valence electrons. The van der Waals surface area contributed by atoms with Crippen molar-refractivity contribution in [1.29, 1.82) is 0 Å². The molecule has 0 bridgehead atoms. The van der Waals surface area contributed by atoms with Crippen LogP contribution in [-0.2, 0) is 29.6 Å². The maximum atomic E-state index is 11.2. The fourth-order valence-corrected chi connectivity index (χ4v) is 4.49. The van der Waals surface area contributed by atoms with E-state index in [1.54, 1.807) is 0 Å². The third-order valence-corrected chi connectivity index (χ3v) is 7.26. The van der Waals surface area contributed by atoms with Gasteiger partial charge in [-0.2, -0.15) is 3.26 Å². The summed E-state index contributed by atoms with van der Waals surface area (Å²) >= 11 is 28.8. The summed E-state index contributed by atoms with van der Waals surface area (Å²) in [6, 6.07) is 0. The predicted octanol–water partition coefficient (Wildman–Crippen LogP) is 4.29. The Kier molecular flexibility index (Phi) is 6.35. The Balaban J connectivity index is 3.57. The SMILES string of the molecule is O=S(=O)(O)[O+](Cc1c(Cl)c(Cl)c(Cl)c(Cl)c1Cl)S(=O)(=O)Cl. The summed E-state index contributed by atoms with van der Waals surface area (Å²) in [4.78, 5) is 0. The second-order valence-electron chi connectivity index (χ2n) is 3.32. The van der Waals surface area contributed by atoms with Crippen LogP contribution in [0, 0.1) is 0 Å². The second kappa shape index (κ2) is 6.72. The molecule has 0 spiro atoms. The van der Waals surface area contributed by atoms with Crippen molar-refractivity contribution in [2.75, 3.05) is 0 Å². The fraction of sp³-hybridized carbons (Fsp3) is 0.143. The van der Waals surface area contributed by atoms with Crippen molar-refractivity contribution in [3.8, 4) is 0 Å². The van der Waals surface area contributed by atoms with Crippen molar-refractivity contribution >= 4 is 88.4 Å². The third kappa shape index (κ3) is 4.41. The molecular formula is C7H3Cl6O6S2+. The molecule has 0 heterocycles. The Morgan fingerprint density at radius 3 is 1.43 bits per heavy atom. The van der Waals surface area contributed by atoms with Crippen LogP contribution in [0.3, 0.4) is 0 Å². The molecule has 1 N–H and O–H groups in total. The van der Waals surface area contributed by atoms with Gasteiger partial charge in [-0.3, -0.25) is 0 Å². The van der Waals surface area contributed by atoms with Gasteiger partial charge in [0.25, 0.3) is 0 Å². The fourth-order valence-electron chi connectivity index (χ4n) is 1.14. The molecule has 0 aliphatic heterocycles. The number of benzene rings is 1. The van der Waals surface area contributed by atoms with E-state index in [0.717, 1.165) is 0 Å². The van der Waals surface area contributed by atoms with Gasteiger partial charge >= 0.3 is 19.7 Å². The van der Waals surface area contributed by atoms with Crippen LogP contribution < -0.4 is 0 Å². The molecule has 6 nitrogen and oxygen atoms in total. The first-order chi connectivity index (χ1) is 9.28. The summed E-state index contributed by atoms with van der Waals surface area (Å²) in [6.45, 7) is -1.11. The first-order valence-corrected chi connectivity index (χ1v) is 9.91. The van der Waals surface area contributed by atoms with E-state index in [4.69, 9.17) is 73.2 Å². The van der Waals surface area contributed by atoms with Gasteiger partial charge in [0.05, 0.1) is 30.7 Å². The largest absolute Gasteiger partial charge is 0.546 e. The van der Waals surface area contributed by atoms with Crippen LogP contribution in [0.15, 0.2) is 0 Å². The lowest BCUT2D eigenvalue weighted by atomic mass is 10.2. The Morgan fingerprint density at radius 2 is 1.14 bits per heavy atom. The van der Waals surface area contributed by atoms with Crippen molar-refractivity contribution in [2.24, 2.45) is 0 Å². The van der Waals surface area contributed by atoms with E-state index < -0.39 is 26.3 Å². The summed E-state index contributed by atoms with van der Waals surface area (Å²) in [5.41, 5.74) is -0.343. The number of hydrogen-bond donors (Lipinski definition) is 1. The van der Waals surface area contributed by atoms with Crippen LogP contribution >= 0.6 is 68.7 Å². The zero-order chi connectivity index (χ0) is 16.7. The van der Waals surface area contributed by atoms with E-state index in [-0.39, 0.29) is 30.7 Å². The lowest BCUT2D eigenvalue weighted by Crippen LogP contribution is -2.25. The molecule has 21 heavy (non-hydrogen) atoms. The Bertz CT molecular complexity index is 727. The van der Waals surface area contributed by atoms with Gasteiger partial charge in [0.1, 0.15) is 10.7 Å². The van der Waals surface area contributed by atoms with Gasteiger partial charge in [0, 0.05) is 0 Å². The molecular weight excluding hydrogens is 457 g/mol. The standard InChI is InChI=1S/C7H2Cl6O6S2/c8-3-2(4(9)6(11)7(12)5(3)10)1-19(20(13,14)15)21(16,17)18/h1H2/p+1. The van der Waals surface area contributed by atoms with E-state index >= 15 is 0 Å². The maximum Gasteiger partial charge on any atom is 0.546 e. The summed E-state index contributed by atoms with van der Waals surface area (Å²) < 4.78 is 53.8. The number of halogens is 6. The van der Waals surface area contributed by atoms with Gasteiger partial charge < -0.3 is 0 Å². The van der Waals surface area contributed by atoms with Crippen molar-refractivity contribution < 1.29 is 24.6 Å². The van der Waals surface area contributed by atoms with Crippen LogP contribution in [0.25, 0.3) is 0 Å². The molecule has 0 radical (unpaired) electrons. The minimum Gasteiger partial charge on any atom is -0.222 e. The third-order valence-electron chi connectivity index (χ3n) is 2.02. The number of rotatable bonds is 4. The van der Waals surface area contributed by atoms with E-state index in [1.807, 2.05) is 0 Å². The van der Waals surface area contributed by atoms with Crippen LogP contribution in [0.2, 0.25) is 25.1 Å². The molecule has 0 saturated heterocycles. The molecule has 0 aliphatic rings. The van der Waals surface area contributed by atoms with Crippen molar-refractivity contribution in [3.05, 3.63) is 30.7 Å². The van der Waals surface area contributed by atoms with Crippen molar-refractivity contribution in [3.63, 3.8) is 0 Å². The molecule has 1 aromatic carbocycles. The van der Waals surface area contributed by atoms with Crippen molar-refractivity contribution in [2.45, 2.75) is 6.61 Å². The zero-order valence-electron chi connectivity index (χ0n) is 9.28. The summed E-state index contributed by atoms with van der Waals surface area (Å²) in [5.74, 6) is 0. The van der Waals surface area contributed by atoms with Crippen LogP contribution in [0.4, 0.5) is 0 Å². The van der Waals surface area contributed by atoms with Crippen LogP contribution in [0.1, 0.15) is 5.56 Å². The highest BCUT2D eigenvalue weighted by Crippen LogP contribution is 2.45. The van der Waals surface area contributed by atoms with Gasteiger partial charge in [-0.05, 0) is 0 Å². The van der Waals surface area contributed by atoms with Gasteiger partial charge in [-0.15, -0.1) is 16.8 Å². The monoisotopic (exact) mass is 457 g/mol. The molecule has 0 unspecified atom stereocenters. The Labute approximate surface area is 149 Å². The van der Waals surface area contributed by atoms with Gasteiger partial charge in [-0.1, -0.05) is 58.0 Å². The molecule has 14 heteroatoms. The summed E-state index contributed by atoms with van der Waals surface area (Å²) in [6.07, 6.45) is 0. The minimum atomic E-state index is -5.30. The number of hydrogen-bond acceptors (Lipinski definition) is 4. The second-order valence-corrected chi connectivity index (χ2v) is 9.00. The topological polar surface area (TPSA) is 91.2 Å². The lowest BCUT2D eigenvalue weighted by Gasteiger charge is -2.14. The molecule has 1 aromatic rings. The average Bonchev–Trinajstić information content (AvgIpc) is 2.30. The highest BCUT2D eigenvalue weighted by molar-refractivity contribution is 8.14. The predicted molar refractivity (Wildman–Crippen MR) is 82.6 cm³/mol. The molecule has 0 fully saturated rings. The first kappa shape index (κ1) is 19.8. The lowest BCUT2D eigenvalue weighted by molar-refractivity contribution is 0.157. The maximum absolute atomic E-state index is 11.2. The Morgan fingerprint density at radius 1 is 0.810 bits per heavy atom. The van der Waals surface area contributed by atoms with E-state index in [9.17, 15) is 16.8 Å². The molecule has 1 rings (SSSR count). The highest BCUT2D eigenvalue weighted by Gasteiger charge is 2.41. The quantitative estimate of drug-likeness (QED) is 0.238. The van der Waals surface area contributed by atoms with Gasteiger partial charge in [0.2, 0.25) is 6.61 Å². The smallest absolute Gasteiger partial charge is 0.222 e. The molecule has 0 atom stereocenters. The van der Waals surface area contributed by atoms with E-state index in [0.29, 0.717) is 3.26 Å². The van der Waals surface area contributed by atoms with Crippen LogP contribution in [0.5, 0.6) is 0 Å². The van der Waals surface area contributed by atoms with Gasteiger partial charge in [0.15, 0.2) is 0 Å². The van der Waals surface area contributed by atoms with Crippen LogP contribution in [-0.4, -0.2) is 21.4 Å². The van der Waals surface area contributed by atoms with E-state index in [1.165, 1.54) is 0 Å². The normalized spacial score (nSPS) is 13.0. The summed E-state index contributed by atoms with van der Waals surface area (Å²) in [5, 5.41) is -1.51. The molecule has 0 saturated carbocycles. The average molecular weight is 460 g/mol. The summed E-state index contributed by atoms with van der Waals surface area (Å²) in [7, 11) is -5.35. The molecule has 0 aromatic heterocycles. The Hall–Kier alpha value is 0.780. The van der Waals surface area contributed by atoms with Gasteiger partial charge in [-0.25, -0.2) is 4.55 Å². The first-order valence-electron chi connectivity index (χ1n) is 4.42. The molecule has 0 amide bonds. The highest BCUT2D eigenvalue weighted by atomic mass is 35.7. The van der Waals surface area contributed by atoms with E-state index in [2.05, 4.69) is 0 Å².